The van der Waals surface area contributed by atoms with E-state index in [2.05, 4.69) is 9.88 Å². The van der Waals surface area contributed by atoms with Gasteiger partial charge in [-0.1, -0.05) is 5.16 Å². The molecule has 0 atom stereocenters. The molecule has 7 heteroatoms. The highest BCUT2D eigenvalue weighted by atomic mass is 32.2. The Kier molecular flexibility index (Phi) is 3.23. The van der Waals surface area contributed by atoms with E-state index in [-0.39, 0.29) is 10.8 Å². The minimum Gasteiger partial charge on any atom is -0.399 e. The Morgan fingerprint density at radius 2 is 1.95 bits per heavy atom. The van der Waals surface area contributed by atoms with Crippen LogP contribution >= 0.6 is 0 Å². The van der Waals surface area contributed by atoms with Gasteiger partial charge in [-0.2, -0.15) is 0 Å². The molecule has 0 saturated carbocycles. The van der Waals surface area contributed by atoms with E-state index in [4.69, 9.17) is 10.3 Å². The summed E-state index contributed by atoms with van der Waals surface area (Å²) >= 11 is 0. The van der Waals surface area contributed by atoms with Crippen molar-refractivity contribution in [3.63, 3.8) is 0 Å². The molecule has 1 heterocycles. The van der Waals surface area contributed by atoms with Gasteiger partial charge in [0.1, 0.15) is 0 Å². The lowest BCUT2D eigenvalue weighted by Gasteiger charge is -2.07. The Morgan fingerprint density at radius 1 is 1.26 bits per heavy atom. The number of nitrogens with two attached hydrogens (primary N) is 1. The van der Waals surface area contributed by atoms with Crippen molar-refractivity contribution in [2.24, 2.45) is 0 Å². The van der Waals surface area contributed by atoms with Gasteiger partial charge in [0.2, 0.25) is 5.88 Å². The number of nitrogens with zero attached hydrogens (tertiary/aromatic N) is 1. The second kappa shape index (κ2) is 4.58. The molecule has 6 nitrogen and oxygen atoms in total. The van der Waals surface area contributed by atoms with Crippen molar-refractivity contribution in [1.82, 2.24) is 5.16 Å². The van der Waals surface area contributed by atoms with Crippen LogP contribution < -0.4 is 10.5 Å². The summed E-state index contributed by atoms with van der Waals surface area (Å²) in [7, 11) is -3.70. The molecule has 19 heavy (non-hydrogen) atoms. The fourth-order valence-corrected chi connectivity index (χ4v) is 2.64. The Balaban J connectivity index is 2.37. The van der Waals surface area contributed by atoms with Crippen LogP contribution in [0.3, 0.4) is 0 Å². The van der Waals surface area contributed by atoms with Crippen molar-refractivity contribution < 1.29 is 12.9 Å². The van der Waals surface area contributed by atoms with E-state index < -0.39 is 10.0 Å². The van der Waals surface area contributed by atoms with E-state index in [9.17, 15) is 8.42 Å². The molecule has 0 bridgehead atoms. The molecular formula is C12H15N3O3S. The molecule has 2 rings (SSSR count). The van der Waals surface area contributed by atoms with Gasteiger partial charge < -0.3 is 10.3 Å². The summed E-state index contributed by atoms with van der Waals surface area (Å²) in [6.45, 7) is 5.22. The van der Waals surface area contributed by atoms with E-state index in [0.717, 1.165) is 0 Å². The molecule has 3 N–H and O–H groups in total. The lowest BCUT2D eigenvalue weighted by molar-refractivity contribution is 0.430. The summed E-state index contributed by atoms with van der Waals surface area (Å²) < 4.78 is 31.7. The number of anilines is 2. The maximum absolute atomic E-state index is 12.2. The summed E-state index contributed by atoms with van der Waals surface area (Å²) in [5.41, 5.74) is 8.22. The summed E-state index contributed by atoms with van der Waals surface area (Å²) in [4.78, 5) is 0.132. The Morgan fingerprint density at radius 3 is 2.47 bits per heavy atom. The van der Waals surface area contributed by atoms with Crippen LogP contribution in [-0.4, -0.2) is 13.6 Å². The van der Waals surface area contributed by atoms with Gasteiger partial charge in [-0.25, -0.2) is 13.1 Å². The van der Waals surface area contributed by atoms with Gasteiger partial charge in [-0.05, 0) is 44.5 Å². The van der Waals surface area contributed by atoms with Gasteiger partial charge in [-0.15, -0.1) is 0 Å². The maximum Gasteiger partial charge on any atom is 0.264 e. The number of rotatable bonds is 3. The zero-order chi connectivity index (χ0) is 14.2. The summed E-state index contributed by atoms with van der Waals surface area (Å²) in [5, 5.41) is 3.70. The Labute approximate surface area is 111 Å². The van der Waals surface area contributed by atoms with Crippen LogP contribution in [-0.2, 0) is 10.0 Å². The van der Waals surface area contributed by atoms with Crippen molar-refractivity contribution in [2.45, 2.75) is 25.7 Å². The Hall–Kier alpha value is -2.02. The van der Waals surface area contributed by atoms with Crippen molar-refractivity contribution in [3.8, 4) is 0 Å². The molecular weight excluding hydrogens is 266 g/mol. The second-order valence-corrected chi connectivity index (χ2v) is 6.03. The van der Waals surface area contributed by atoms with Crippen LogP contribution in [0.25, 0.3) is 0 Å². The highest BCUT2D eigenvalue weighted by Crippen LogP contribution is 2.23. The zero-order valence-corrected chi connectivity index (χ0v) is 11.7. The fourth-order valence-electron chi connectivity index (χ4n) is 1.51. The van der Waals surface area contributed by atoms with Crippen LogP contribution in [0.15, 0.2) is 27.6 Å². The number of hydrogen-bond acceptors (Lipinski definition) is 5. The highest BCUT2D eigenvalue weighted by Gasteiger charge is 2.19. The largest absolute Gasteiger partial charge is 0.399 e. The fraction of sp³-hybridized carbons (Fsp3) is 0.250. The molecule has 0 fully saturated rings. The lowest BCUT2D eigenvalue weighted by Crippen LogP contribution is -2.13. The van der Waals surface area contributed by atoms with Gasteiger partial charge in [0.25, 0.3) is 10.0 Å². The maximum atomic E-state index is 12.2. The third-order valence-corrected chi connectivity index (χ3v) is 4.26. The number of sulfonamides is 1. The summed E-state index contributed by atoms with van der Waals surface area (Å²) in [6, 6.07) is 4.52. The normalized spacial score (nSPS) is 11.5. The zero-order valence-electron chi connectivity index (χ0n) is 10.9. The quantitative estimate of drug-likeness (QED) is 0.838. The van der Waals surface area contributed by atoms with Crippen molar-refractivity contribution in [3.05, 3.63) is 35.0 Å². The lowest BCUT2D eigenvalue weighted by atomic mass is 10.2. The van der Waals surface area contributed by atoms with Crippen LogP contribution in [0.4, 0.5) is 11.6 Å². The first kappa shape index (κ1) is 13.4. The van der Waals surface area contributed by atoms with Crippen molar-refractivity contribution in [2.75, 3.05) is 10.5 Å². The van der Waals surface area contributed by atoms with Crippen LogP contribution in [0.5, 0.6) is 0 Å². The van der Waals surface area contributed by atoms with Crippen molar-refractivity contribution >= 4 is 21.6 Å². The first-order valence-electron chi connectivity index (χ1n) is 5.63. The smallest absolute Gasteiger partial charge is 0.264 e. The van der Waals surface area contributed by atoms with E-state index >= 15 is 0 Å². The third-order valence-electron chi connectivity index (χ3n) is 2.94. The Bertz CT molecular complexity index is 720. The standard InChI is InChI=1S/C12H15N3O3S/c1-7-6-10(4-5-11(7)13)19(16,17)15-12-8(2)9(3)14-18-12/h4-6,15H,13H2,1-3H3. The molecule has 0 saturated heterocycles. The van der Waals surface area contributed by atoms with Gasteiger partial charge in [0.05, 0.1) is 10.6 Å². The molecule has 0 aliphatic heterocycles. The molecule has 1 aromatic heterocycles. The average molecular weight is 281 g/mol. The molecule has 0 unspecified atom stereocenters. The molecule has 1 aromatic carbocycles. The third kappa shape index (κ3) is 2.55. The minimum absolute atomic E-state index is 0.131. The van der Waals surface area contributed by atoms with Gasteiger partial charge >= 0.3 is 0 Å². The van der Waals surface area contributed by atoms with Crippen LogP contribution in [0.1, 0.15) is 16.8 Å². The number of nitrogen functional groups attached to an aromatic ring is 1. The topological polar surface area (TPSA) is 98.2 Å². The second-order valence-electron chi connectivity index (χ2n) is 4.35. The average Bonchev–Trinajstić information content (AvgIpc) is 2.64. The molecule has 0 amide bonds. The molecule has 0 radical (unpaired) electrons. The molecule has 2 aromatic rings. The van der Waals surface area contributed by atoms with E-state index in [1.165, 1.54) is 12.1 Å². The van der Waals surface area contributed by atoms with Crippen LogP contribution in [0.2, 0.25) is 0 Å². The van der Waals surface area contributed by atoms with Crippen molar-refractivity contribution in [1.29, 1.82) is 0 Å². The van der Waals surface area contributed by atoms with Gasteiger partial charge in [0.15, 0.2) is 0 Å². The van der Waals surface area contributed by atoms with Gasteiger partial charge in [0, 0.05) is 11.3 Å². The highest BCUT2D eigenvalue weighted by molar-refractivity contribution is 7.92. The molecule has 0 spiro atoms. The predicted molar refractivity (Wildman–Crippen MR) is 72.4 cm³/mol. The SMILES string of the molecule is Cc1cc(S(=O)(=O)Nc2onc(C)c2C)ccc1N. The minimum atomic E-state index is -3.70. The number of benzene rings is 1. The van der Waals surface area contributed by atoms with Gasteiger partial charge in [-0.3, -0.25) is 0 Å². The van der Waals surface area contributed by atoms with E-state index in [1.807, 2.05) is 0 Å². The number of nitrogens with one attached hydrogen (secondary N) is 1. The number of aryl methyl sites for hydroxylation is 2. The molecule has 0 aliphatic carbocycles. The first-order chi connectivity index (χ1) is 8.81. The first-order valence-corrected chi connectivity index (χ1v) is 7.11. The molecule has 102 valence electrons. The van der Waals surface area contributed by atoms with E-state index in [0.29, 0.717) is 22.5 Å². The predicted octanol–water partition coefficient (Wildman–Crippen LogP) is 1.98. The summed E-state index contributed by atoms with van der Waals surface area (Å²) in [5.74, 6) is 0.131. The number of hydrogen-bond donors (Lipinski definition) is 2. The summed E-state index contributed by atoms with van der Waals surface area (Å²) in [6.07, 6.45) is 0. The molecule has 0 aliphatic rings. The van der Waals surface area contributed by atoms with Crippen LogP contribution in [0, 0.1) is 20.8 Å². The number of aromatic nitrogens is 1. The van der Waals surface area contributed by atoms with E-state index in [1.54, 1.807) is 26.8 Å². The monoisotopic (exact) mass is 281 g/mol.